The van der Waals surface area contributed by atoms with Gasteiger partial charge in [0.15, 0.2) is 0 Å². The molecule has 0 saturated carbocycles. The maximum atomic E-state index is 13.3. The molecule has 0 aliphatic carbocycles. The number of ether oxygens (including phenoxy) is 1. The molecule has 2 aliphatic rings. The van der Waals surface area contributed by atoms with E-state index in [1.54, 1.807) is 12.1 Å². The van der Waals surface area contributed by atoms with Crippen LogP contribution < -0.4 is 4.90 Å². The Morgan fingerprint density at radius 3 is 2.53 bits per heavy atom. The van der Waals surface area contributed by atoms with Gasteiger partial charge >= 0.3 is 6.18 Å². The average molecular weight is 424 g/mol. The summed E-state index contributed by atoms with van der Waals surface area (Å²) in [6, 6.07) is 5.16. The van der Waals surface area contributed by atoms with Crippen molar-refractivity contribution in [3.05, 3.63) is 29.3 Å². The molecule has 164 valence electrons. The lowest BCUT2D eigenvalue weighted by Crippen LogP contribution is -2.58. The first kappa shape index (κ1) is 22.4. The second kappa shape index (κ2) is 9.23. The highest BCUT2D eigenvalue weighted by Crippen LogP contribution is 2.35. The molecule has 0 aromatic heterocycles. The minimum absolute atomic E-state index is 0.0660. The molecule has 30 heavy (non-hydrogen) atoms. The number of rotatable bonds is 4. The Morgan fingerprint density at radius 2 is 1.90 bits per heavy atom. The Labute approximate surface area is 174 Å². The van der Waals surface area contributed by atoms with E-state index in [0.717, 1.165) is 19.2 Å². The number of benzene rings is 1. The van der Waals surface area contributed by atoms with Gasteiger partial charge in [-0.2, -0.15) is 18.4 Å². The second-order valence-electron chi connectivity index (χ2n) is 7.94. The SMILES string of the molecule is C[C@@H]1CN(c2ccc(C#N)c(C(F)(F)F)c2)[C@@H](C)CN1C(=O)CCN1CCOCC1. The number of nitriles is 1. The van der Waals surface area contributed by atoms with Gasteiger partial charge in [-0.15, -0.1) is 0 Å². The van der Waals surface area contributed by atoms with Crippen LogP contribution in [-0.4, -0.2) is 73.7 Å². The van der Waals surface area contributed by atoms with Crippen LogP contribution in [0.5, 0.6) is 0 Å². The average Bonchev–Trinajstić information content (AvgIpc) is 2.73. The van der Waals surface area contributed by atoms with E-state index < -0.39 is 11.7 Å². The minimum atomic E-state index is -4.59. The molecule has 1 aromatic rings. The third-order valence-corrected chi connectivity index (χ3v) is 5.81. The van der Waals surface area contributed by atoms with Crippen molar-refractivity contribution in [3.63, 3.8) is 0 Å². The van der Waals surface area contributed by atoms with Crippen LogP contribution in [0.4, 0.5) is 18.9 Å². The zero-order chi connectivity index (χ0) is 21.9. The third kappa shape index (κ3) is 5.05. The summed E-state index contributed by atoms with van der Waals surface area (Å²) in [5, 5.41) is 9.00. The molecule has 0 N–H and O–H groups in total. The van der Waals surface area contributed by atoms with Gasteiger partial charge in [0.25, 0.3) is 0 Å². The minimum Gasteiger partial charge on any atom is -0.379 e. The molecule has 1 amide bonds. The Morgan fingerprint density at radius 1 is 1.20 bits per heavy atom. The van der Waals surface area contributed by atoms with Gasteiger partial charge in [-0.3, -0.25) is 9.69 Å². The van der Waals surface area contributed by atoms with Crippen LogP contribution in [0.3, 0.4) is 0 Å². The lowest BCUT2D eigenvalue weighted by atomic mass is 10.0. The van der Waals surface area contributed by atoms with E-state index in [2.05, 4.69) is 4.90 Å². The Kier molecular flexibility index (Phi) is 6.88. The molecule has 6 nitrogen and oxygen atoms in total. The summed E-state index contributed by atoms with van der Waals surface area (Å²) in [7, 11) is 0. The van der Waals surface area contributed by atoms with Crippen LogP contribution in [0.1, 0.15) is 31.4 Å². The van der Waals surface area contributed by atoms with Gasteiger partial charge in [-0.1, -0.05) is 0 Å². The van der Waals surface area contributed by atoms with Crippen molar-refractivity contribution in [2.24, 2.45) is 0 Å². The van der Waals surface area contributed by atoms with E-state index in [1.165, 1.54) is 6.07 Å². The van der Waals surface area contributed by atoms with Gasteiger partial charge in [0.1, 0.15) is 0 Å². The molecule has 9 heteroatoms. The van der Waals surface area contributed by atoms with E-state index in [9.17, 15) is 18.0 Å². The van der Waals surface area contributed by atoms with Gasteiger partial charge in [0.2, 0.25) is 5.91 Å². The maximum Gasteiger partial charge on any atom is 0.417 e. The van der Waals surface area contributed by atoms with Gasteiger partial charge in [0.05, 0.1) is 30.4 Å². The molecule has 2 fully saturated rings. The summed E-state index contributed by atoms with van der Waals surface area (Å²) < 4.78 is 45.3. The van der Waals surface area contributed by atoms with Gasteiger partial charge in [0, 0.05) is 56.9 Å². The Bertz CT molecular complexity index is 802. The summed E-state index contributed by atoms with van der Waals surface area (Å²) in [6.07, 6.45) is -4.17. The quantitative estimate of drug-likeness (QED) is 0.744. The number of amides is 1. The monoisotopic (exact) mass is 424 g/mol. The van der Waals surface area contributed by atoms with Crippen molar-refractivity contribution in [3.8, 4) is 6.07 Å². The number of anilines is 1. The molecule has 2 atom stereocenters. The summed E-state index contributed by atoms with van der Waals surface area (Å²) in [5.74, 6) is 0.0660. The highest BCUT2D eigenvalue weighted by Gasteiger charge is 2.36. The molecule has 0 spiro atoms. The van der Waals surface area contributed by atoms with E-state index in [0.29, 0.717) is 45.0 Å². The number of morpholine rings is 1. The fraction of sp³-hybridized carbons (Fsp3) is 0.619. The van der Waals surface area contributed by atoms with Gasteiger partial charge < -0.3 is 14.5 Å². The normalized spacial score (nSPS) is 23.3. The molecule has 2 heterocycles. The third-order valence-electron chi connectivity index (χ3n) is 5.81. The highest BCUT2D eigenvalue weighted by molar-refractivity contribution is 5.77. The highest BCUT2D eigenvalue weighted by atomic mass is 19.4. The van der Waals surface area contributed by atoms with E-state index in [4.69, 9.17) is 10.00 Å². The zero-order valence-electron chi connectivity index (χ0n) is 17.3. The van der Waals surface area contributed by atoms with Gasteiger partial charge in [-0.05, 0) is 32.0 Å². The topological polar surface area (TPSA) is 59.8 Å². The van der Waals surface area contributed by atoms with Crippen molar-refractivity contribution >= 4 is 11.6 Å². The van der Waals surface area contributed by atoms with Crippen LogP contribution in [0.15, 0.2) is 18.2 Å². The molecular formula is C21H27F3N4O2. The first-order chi connectivity index (χ1) is 14.2. The van der Waals surface area contributed by atoms with Gasteiger partial charge in [-0.25, -0.2) is 0 Å². The summed E-state index contributed by atoms with van der Waals surface area (Å²) in [4.78, 5) is 18.7. The van der Waals surface area contributed by atoms with Crippen molar-refractivity contribution in [2.45, 2.75) is 38.5 Å². The molecule has 0 unspecified atom stereocenters. The summed E-state index contributed by atoms with van der Waals surface area (Å²) in [6.45, 7) is 8.42. The maximum absolute atomic E-state index is 13.3. The lowest BCUT2D eigenvalue weighted by Gasteiger charge is -2.45. The fourth-order valence-corrected chi connectivity index (χ4v) is 4.10. The van der Waals surface area contributed by atoms with E-state index in [1.807, 2.05) is 23.6 Å². The Hall–Kier alpha value is -2.31. The summed E-state index contributed by atoms with van der Waals surface area (Å²) in [5.41, 5.74) is -0.892. The number of alkyl halides is 3. The molecule has 0 radical (unpaired) electrons. The van der Waals surface area contributed by atoms with Crippen LogP contribution in [0.2, 0.25) is 0 Å². The first-order valence-corrected chi connectivity index (χ1v) is 10.2. The standard InChI is InChI=1S/C21H27F3N4O2/c1-15-14-28(20(29)5-6-26-7-9-30-10-8-26)16(2)13-27(15)18-4-3-17(12-25)19(11-18)21(22,23)24/h3-4,11,15-16H,5-10,13-14H2,1-2H3/t15-,16+/m0/s1. The molecule has 2 saturated heterocycles. The van der Waals surface area contributed by atoms with Crippen LogP contribution >= 0.6 is 0 Å². The number of nitrogens with zero attached hydrogens (tertiary/aromatic N) is 4. The fourth-order valence-electron chi connectivity index (χ4n) is 4.10. The van der Waals surface area contributed by atoms with Crippen molar-refractivity contribution in [1.29, 1.82) is 5.26 Å². The Balaban J connectivity index is 1.67. The molecule has 0 bridgehead atoms. The number of halogens is 3. The van der Waals surface area contributed by atoms with Crippen LogP contribution in [-0.2, 0) is 15.7 Å². The molecular weight excluding hydrogens is 397 g/mol. The summed E-state index contributed by atoms with van der Waals surface area (Å²) >= 11 is 0. The molecule has 3 rings (SSSR count). The smallest absolute Gasteiger partial charge is 0.379 e. The van der Waals surface area contributed by atoms with Crippen molar-refractivity contribution < 1.29 is 22.7 Å². The number of hydrogen-bond donors (Lipinski definition) is 0. The molecule has 2 aliphatic heterocycles. The predicted octanol–water partition coefficient (Wildman–Crippen LogP) is 2.72. The van der Waals surface area contributed by atoms with E-state index in [-0.39, 0.29) is 23.6 Å². The van der Waals surface area contributed by atoms with Crippen molar-refractivity contribution in [1.82, 2.24) is 9.80 Å². The van der Waals surface area contributed by atoms with Crippen LogP contribution in [0, 0.1) is 11.3 Å². The number of carbonyl (C=O) groups is 1. The number of carbonyl (C=O) groups excluding carboxylic acids is 1. The van der Waals surface area contributed by atoms with E-state index >= 15 is 0 Å². The first-order valence-electron chi connectivity index (χ1n) is 10.2. The van der Waals surface area contributed by atoms with Crippen molar-refractivity contribution in [2.75, 3.05) is 50.8 Å². The molecule has 1 aromatic carbocycles. The largest absolute Gasteiger partial charge is 0.417 e. The lowest BCUT2D eigenvalue weighted by molar-refractivity contribution is -0.137. The second-order valence-corrected chi connectivity index (χ2v) is 7.94. The predicted molar refractivity (Wildman–Crippen MR) is 106 cm³/mol. The number of hydrogen-bond acceptors (Lipinski definition) is 5. The number of piperazine rings is 1. The zero-order valence-corrected chi connectivity index (χ0v) is 17.3. The van der Waals surface area contributed by atoms with Crippen LogP contribution in [0.25, 0.3) is 0 Å².